The standard InChI is InChI=1S/C23H24N4O2/c28-22(12-11-17-7-3-1-4-8-17)26-19-13-21-20(15-25-27(21)16-19)23(29)24-14-18-9-5-2-6-10-18/h1-10,15,19H,11-14,16H2,(H,24,29)(H,26,28). The van der Waals surface area contributed by atoms with Gasteiger partial charge in [-0.25, -0.2) is 0 Å². The number of nitrogens with one attached hydrogen (secondary N) is 2. The van der Waals surface area contributed by atoms with Gasteiger partial charge in [0, 0.05) is 19.4 Å². The van der Waals surface area contributed by atoms with Gasteiger partial charge in [0.25, 0.3) is 5.91 Å². The maximum absolute atomic E-state index is 12.6. The van der Waals surface area contributed by atoms with Crippen LogP contribution in [0.5, 0.6) is 0 Å². The lowest BCUT2D eigenvalue weighted by molar-refractivity contribution is -0.121. The largest absolute Gasteiger partial charge is 0.351 e. The molecule has 2 aromatic carbocycles. The van der Waals surface area contributed by atoms with Gasteiger partial charge in [-0.15, -0.1) is 0 Å². The summed E-state index contributed by atoms with van der Waals surface area (Å²) in [5.74, 6) is -0.106. The zero-order valence-corrected chi connectivity index (χ0v) is 16.2. The van der Waals surface area contributed by atoms with Gasteiger partial charge >= 0.3 is 0 Å². The summed E-state index contributed by atoms with van der Waals surface area (Å²) in [6.45, 7) is 1.07. The number of carbonyl (C=O) groups is 2. The van der Waals surface area contributed by atoms with E-state index in [2.05, 4.69) is 15.7 Å². The second-order valence-corrected chi connectivity index (χ2v) is 7.31. The van der Waals surface area contributed by atoms with E-state index in [0.717, 1.165) is 23.2 Å². The van der Waals surface area contributed by atoms with Crippen LogP contribution < -0.4 is 10.6 Å². The number of carbonyl (C=O) groups excluding carboxylic acids is 2. The summed E-state index contributed by atoms with van der Waals surface area (Å²) in [6.07, 6.45) is 3.40. The van der Waals surface area contributed by atoms with Crippen LogP contribution in [0.25, 0.3) is 0 Å². The van der Waals surface area contributed by atoms with Crippen molar-refractivity contribution in [2.45, 2.75) is 38.4 Å². The number of hydrogen-bond acceptors (Lipinski definition) is 3. The maximum Gasteiger partial charge on any atom is 0.255 e. The zero-order valence-electron chi connectivity index (χ0n) is 16.2. The topological polar surface area (TPSA) is 76.0 Å². The summed E-state index contributed by atoms with van der Waals surface area (Å²) in [7, 11) is 0. The van der Waals surface area contributed by atoms with Gasteiger partial charge in [0.1, 0.15) is 0 Å². The van der Waals surface area contributed by atoms with Gasteiger partial charge in [-0.3, -0.25) is 14.3 Å². The van der Waals surface area contributed by atoms with E-state index in [0.29, 0.717) is 31.5 Å². The van der Waals surface area contributed by atoms with Crippen molar-refractivity contribution in [2.75, 3.05) is 0 Å². The molecule has 2 N–H and O–H groups in total. The van der Waals surface area contributed by atoms with Crippen LogP contribution in [-0.2, 0) is 30.7 Å². The highest BCUT2D eigenvalue weighted by Gasteiger charge is 2.28. The number of nitrogens with zero attached hydrogens (tertiary/aromatic N) is 2. The minimum absolute atomic E-state index is 0.0253. The van der Waals surface area contributed by atoms with Crippen molar-refractivity contribution < 1.29 is 9.59 Å². The molecule has 3 aromatic rings. The Morgan fingerprint density at radius 3 is 2.41 bits per heavy atom. The van der Waals surface area contributed by atoms with E-state index in [1.165, 1.54) is 0 Å². The lowest BCUT2D eigenvalue weighted by Gasteiger charge is -2.12. The van der Waals surface area contributed by atoms with Crippen molar-refractivity contribution in [3.8, 4) is 0 Å². The van der Waals surface area contributed by atoms with E-state index in [-0.39, 0.29) is 17.9 Å². The van der Waals surface area contributed by atoms with Crippen LogP contribution in [-0.4, -0.2) is 27.6 Å². The van der Waals surface area contributed by atoms with Crippen LogP contribution in [0.4, 0.5) is 0 Å². The molecule has 1 aromatic heterocycles. The predicted octanol–water partition coefficient (Wildman–Crippen LogP) is 2.49. The fraction of sp³-hybridized carbons (Fsp3) is 0.261. The fourth-order valence-corrected chi connectivity index (χ4v) is 3.65. The molecule has 0 saturated carbocycles. The lowest BCUT2D eigenvalue weighted by atomic mass is 10.1. The van der Waals surface area contributed by atoms with Gasteiger partial charge in [0.05, 0.1) is 30.0 Å². The molecular weight excluding hydrogens is 364 g/mol. The molecule has 0 aliphatic carbocycles. The first kappa shape index (κ1) is 18.9. The van der Waals surface area contributed by atoms with Crippen LogP contribution in [0.1, 0.15) is 33.6 Å². The Hall–Kier alpha value is -3.41. The Kier molecular flexibility index (Phi) is 5.70. The molecule has 0 saturated heterocycles. The van der Waals surface area contributed by atoms with Gasteiger partial charge in [0.15, 0.2) is 0 Å². The van der Waals surface area contributed by atoms with Crippen molar-refractivity contribution in [2.24, 2.45) is 0 Å². The van der Waals surface area contributed by atoms with Crippen molar-refractivity contribution in [1.82, 2.24) is 20.4 Å². The Balaban J connectivity index is 1.29. The molecule has 6 heteroatoms. The van der Waals surface area contributed by atoms with Crippen LogP contribution >= 0.6 is 0 Å². The third-order valence-electron chi connectivity index (χ3n) is 5.17. The number of aryl methyl sites for hydroxylation is 1. The fourth-order valence-electron chi connectivity index (χ4n) is 3.65. The molecule has 6 nitrogen and oxygen atoms in total. The Bertz CT molecular complexity index is 983. The number of rotatable bonds is 7. The summed E-state index contributed by atoms with van der Waals surface area (Å²) in [5, 5.41) is 10.3. The Labute approximate surface area is 169 Å². The molecule has 29 heavy (non-hydrogen) atoms. The molecule has 1 aliphatic heterocycles. The number of aromatic nitrogens is 2. The predicted molar refractivity (Wildman–Crippen MR) is 110 cm³/mol. The summed E-state index contributed by atoms with van der Waals surface area (Å²) < 4.78 is 1.82. The van der Waals surface area contributed by atoms with E-state index in [4.69, 9.17) is 0 Å². The summed E-state index contributed by atoms with van der Waals surface area (Å²) in [5.41, 5.74) is 3.67. The van der Waals surface area contributed by atoms with Gasteiger partial charge in [-0.2, -0.15) is 5.10 Å². The monoisotopic (exact) mass is 388 g/mol. The SMILES string of the molecule is O=C(CCc1ccccc1)NC1Cc2c(C(=O)NCc3ccccc3)cnn2C1. The number of benzene rings is 2. The van der Waals surface area contributed by atoms with E-state index >= 15 is 0 Å². The number of fused-ring (bicyclic) bond motifs is 1. The summed E-state index contributed by atoms with van der Waals surface area (Å²) in [6, 6.07) is 19.8. The first-order chi connectivity index (χ1) is 14.2. The van der Waals surface area contributed by atoms with Gasteiger partial charge in [-0.1, -0.05) is 60.7 Å². The molecule has 2 amide bonds. The van der Waals surface area contributed by atoms with Gasteiger partial charge < -0.3 is 10.6 Å². The highest BCUT2D eigenvalue weighted by atomic mass is 16.2. The Morgan fingerprint density at radius 2 is 1.69 bits per heavy atom. The molecule has 0 spiro atoms. The minimum Gasteiger partial charge on any atom is -0.351 e. The maximum atomic E-state index is 12.6. The third-order valence-corrected chi connectivity index (χ3v) is 5.17. The first-order valence-electron chi connectivity index (χ1n) is 9.89. The molecule has 0 fully saturated rings. The summed E-state index contributed by atoms with van der Waals surface area (Å²) in [4.78, 5) is 24.9. The molecule has 1 unspecified atom stereocenters. The average molecular weight is 388 g/mol. The number of amides is 2. The van der Waals surface area contributed by atoms with Gasteiger partial charge in [-0.05, 0) is 17.5 Å². The van der Waals surface area contributed by atoms with Crippen LogP contribution in [0.2, 0.25) is 0 Å². The van der Waals surface area contributed by atoms with Crippen molar-refractivity contribution in [3.05, 3.63) is 89.2 Å². The molecule has 2 heterocycles. The first-order valence-corrected chi connectivity index (χ1v) is 9.89. The molecule has 4 rings (SSSR count). The number of hydrogen-bond donors (Lipinski definition) is 2. The van der Waals surface area contributed by atoms with Crippen LogP contribution in [0, 0.1) is 0 Å². The quantitative estimate of drug-likeness (QED) is 0.653. The van der Waals surface area contributed by atoms with Gasteiger partial charge in [0.2, 0.25) is 5.91 Å². The smallest absolute Gasteiger partial charge is 0.255 e. The van der Waals surface area contributed by atoms with Crippen LogP contribution in [0.3, 0.4) is 0 Å². The molecular formula is C23H24N4O2. The average Bonchev–Trinajstić information content (AvgIpc) is 3.32. The van der Waals surface area contributed by atoms with E-state index < -0.39 is 0 Å². The summed E-state index contributed by atoms with van der Waals surface area (Å²) >= 11 is 0. The second kappa shape index (κ2) is 8.73. The van der Waals surface area contributed by atoms with E-state index in [1.54, 1.807) is 6.20 Å². The van der Waals surface area contributed by atoms with Crippen LogP contribution in [0.15, 0.2) is 66.9 Å². The molecule has 1 aliphatic rings. The molecule has 0 radical (unpaired) electrons. The molecule has 148 valence electrons. The highest BCUT2D eigenvalue weighted by Crippen LogP contribution is 2.19. The highest BCUT2D eigenvalue weighted by molar-refractivity contribution is 5.95. The zero-order chi connectivity index (χ0) is 20.1. The Morgan fingerprint density at radius 1 is 1.00 bits per heavy atom. The van der Waals surface area contributed by atoms with E-state index in [9.17, 15) is 9.59 Å². The normalized spacial score (nSPS) is 15.0. The molecule has 0 bridgehead atoms. The van der Waals surface area contributed by atoms with Crippen molar-refractivity contribution in [3.63, 3.8) is 0 Å². The lowest BCUT2D eigenvalue weighted by Crippen LogP contribution is -2.36. The second-order valence-electron chi connectivity index (χ2n) is 7.31. The van der Waals surface area contributed by atoms with Crippen molar-refractivity contribution in [1.29, 1.82) is 0 Å². The molecule has 1 atom stereocenters. The van der Waals surface area contributed by atoms with E-state index in [1.807, 2.05) is 65.3 Å². The van der Waals surface area contributed by atoms with Crippen molar-refractivity contribution >= 4 is 11.8 Å². The minimum atomic E-state index is -0.133. The third kappa shape index (κ3) is 4.71.